The van der Waals surface area contributed by atoms with Crippen LogP contribution in [0, 0.1) is 0 Å². The molecule has 1 aromatic heterocycles. The van der Waals surface area contributed by atoms with Crippen molar-refractivity contribution < 1.29 is 13.9 Å². The number of carbonyl (C=O) groups is 1. The van der Waals surface area contributed by atoms with Crippen LogP contribution in [-0.2, 0) is 4.74 Å². The molecular weight excluding hydrogens is 292 g/mol. The second-order valence-electron chi connectivity index (χ2n) is 6.25. The Hall–Kier alpha value is -1.20. The van der Waals surface area contributed by atoms with Gasteiger partial charge in [0.15, 0.2) is 0 Å². The standard InChI is InChI=1S/C15H23ClN2O3/c1-15(2,3)21-14(19)18-8-6-17(7-9-18)11-12(16)13-5-4-10-20-13/h4-5,10,12H,6-9,11H2,1-3H3. The van der Waals surface area contributed by atoms with Crippen LogP contribution < -0.4 is 0 Å². The Labute approximate surface area is 130 Å². The lowest BCUT2D eigenvalue weighted by atomic mass is 10.2. The van der Waals surface area contributed by atoms with Crippen LogP contribution in [0.5, 0.6) is 0 Å². The molecule has 0 saturated carbocycles. The zero-order chi connectivity index (χ0) is 15.5. The summed E-state index contributed by atoms with van der Waals surface area (Å²) in [5.41, 5.74) is -0.450. The quantitative estimate of drug-likeness (QED) is 0.804. The zero-order valence-corrected chi connectivity index (χ0v) is 13.6. The smallest absolute Gasteiger partial charge is 0.410 e. The van der Waals surface area contributed by atoms with Crippen molar-refractivity contribution in [3.05, 3.63) is 24.2 Å². The highest BCUT2D eigenvalue weighted by atomic mass is 35.5. The van der Waals surface area contributed by atoms with E-state index in [-0.39, 0.29) is 11.5 Å². The van der Waals surface area contributed by atoms with E-state index >= 15 is 0 Å². The monoisotopic (exact) mass is 314 g/mol. The molecule has 0 bridgehead atoms. The van der Waals surface area contributed by atoms with Gasteiger partial charge < -0.3 is 14.1 Å². The molecule has 6 heteroatoms. The normalized spacial score (nSPS) is 18.6. The molecule has 2 heterocycles. The number of hydrogen-bond donors (Lipinski definition) is 0. The third-order valence-corrected chi connectivity index (χ3v) is 3.65. The number of amides is 1. The predicted octanol–water partition coefficient (Wildman–Crippen LogP) is 3.11. The van der Waals surface area contributed by atoms with E-state index in [0.717, 1.165) is 25.4 Å². The van der Waals surface area contributed by atoms with E-state index in [4.69, 9.17) is 20.8 Å². The molecule has 5 nitrogen and oxygen atoms in total. The van der Waals surface area contributed by atoms with E-state index in [1.807, 2.05) is 32.9 Å². The first-order valence-electron chi connectivity index (χ1n) is 7.23. The highest BCUT2D eigenvalue weighted by molar-refractivity contribution is 6.20. The van der Waals surface area contributed by atoms with Gasteiger partial charge in [-0.15, -0.1) is 11.6 Å². The molecule has 1 aliphatic rings. The van der Waals surface area contributed by atoms with Crippen LogP contribution in [0.4, 0.5) is 4.79 Å². The molecule has 118 valence electrons. The number of rotatable bonds is 3. The second kappa shape index (κ2) is 6.71. The number of piperazine rings is 1. The van der Waals surface area contributed by atoms with Gasteiger partial charge in [0, 0.05) is 32.7 Å². The summed E-state index contributed by atoms with van der Waals surface area (Å²) < 4.78 is 10.7. The Bertz CT molecular complexity index is 448. The molecule has 1 atom stereocenters. The maximum Gasteiger partial charge on any atom is 0.410 e. The molecule has 0 spiro atoms. The van der Waals surface area contributed by atoms with Crippen LogP contribution in [0.15, 0.2) is 22.8 Å². The summed E-state index contributed by atoms with van der Waals surface area (Å²) in [4.78, 5) is 16.0. The van der Waals surface area contributed by atoms with E-state index in [1.54, 1.807) is 11.2 Å². The first kappa shape index (κ1) is 16.2. The molecule has 1 amide bonds. The van der Waals surface area contributed by atoms with Crippen molar-refractivity contribution in [1.82, 2.24) is 9.80 Å². The van der Waals surface area contributed by atoms with Crippen molar-refractivity contribution in [2.45, 2.75) is 31.7 Å². The number of carbonyl (C=O) groups excluding carboxylic acids is 1. The van der Waals surface area contributed by atoms with Gasteiger partial charge in [-0.1, -0.05) is 0 Å². The molecule has 1 aliphatic heterocycles. The van der Waals surface area contributed by atoms with Gasteiger partial charge in [-0.05, 0) is 32.9 Å². The predicted molar refractivity (Wildman–Crippen MR) is 81.5 cm³/mol. The SMILES string of the molecule is CC(C)(C)OC(=O)N1CCN(CC(Cl)c2ccco2)CC1. The van der Waals surface area contributed by atoms with Gasteiger partial charge in [-0.25, -0.2) is 4.79 Å². The minimum absolute atomic E-state index is 0.159. The molecule has 0 radical (unpaired) electrons. The molecule has 1 saturated heterocycles. The van der Waals surface area contributed by atoms with E-state index < -0.39 is 5.60 Å². The summed E-state index contributed by atoms with van der Waals surface area (Å²) in [7, 11) is 0. The Kier molecular flexibility index (Phi) is 5.17. The summed E-state index contributed by atoms with van der Waals surface area (Å²) in [6, 6.07) is 3.72. The molecule has 0 aliphatic carbocycles. The topological polar surface area (TPSA) is 45.9 Å². The fourth-order valence-corrected chi connectivity index (χ4v) is 2.55. The van der Waals surface area contributed by atoms with Crippen LogP contribution in [0.3, 0.4) is 0 Å². The third kappa shape index (κ3) is 4.93. The summed E-state index contributed by atoms with van der Waals surface area (Å²) in [6.07, 6.45) is 1.39. The molecule has 1 fully saturated rings. The van der Waals surface area contributed by atoms with Gasteiger partial charge in [-0.3, -0.25) is 4.90 Å². The maximum atomic E-state index is 12.0. The number of nitrogens with zero attached hydrogens (tertiary/aromatic N) is 2. The van der Waals surface area contributed by atoms with Crippen LogP contribution in [0.25, 0.3) is 0 Å². The lowest BCUT2D eigenvalue weighted by Crippen LogP contribution is -2.50. The summed E-state index contributed by atoms with van der Waals surface area (Å²) in [5, 5.41) is -0.159. The van der Waals surface area contributed by atoms with Crippen LogP contribution >= 0.6 is 11.6 Å². The van der Waals surface area contributed by atoms with Crippen LogP contribution in [0.2, 0.25) is 0 Å². The molecule has 1 unspecified atom stereocenters. The van der Waals surface area contributed by atoms with Crippen molar-refractivity contribution in [1.29, 1.82) is 0 Å². The van der Waals surface area contributed by atoms with Gasteiger partial charge in [0.25, 0.3) is 0 Å². The van der Waals surface area contributed by atoms with Gasteiger partial charge in [0.1, 0.15) is 16.7 Å². The van der Waals surface area contributed by atoms with E-state index in [2.05, 4.69) is 4.90 Å². The molecule has 0 aromatic carbocycles. The highest BCUT2D eigenvalue weighted by Crippen LogP contribution is 2.22. The Morgan fingerprint density at radius 2 is 2.05 bits per heavy atom. The van der Waals surface area contributed by atoms with E-state index in [9.17, 15) is 4.79 Å². The maximum absolute atomic E-state index is 12.0. The highest BCUT2D eigenvalue weighted by Gasteiger charge is 2.27. The van der Waals surface area contributed by atoms with Crippen molar-refractivity contribution in [3.8, 4) is 0 Å². The van der Waals surface area contributed by atoms with Crippen molar-refractivity contribution in [3.63, 3.8) is 0 Å². The third-order valence-electron chi connectivity index (χ3n) is 3.29. The van der Waals surface area contributed by atoms with E-state index in [0.29, 0.717) is 13.1 Å². The number of halogens is 1. The first-order chi connectivity index (χ1) is 9.85. The van der Waals surface area contributed by atoms with Gasteiger partial charge in [-0.2, -0.15) is 0 Å². The molecular formula is C15H23ClN2O3. The summed E-state index contributed by atoms with van der Waals surface area (Å²) in [6.45, 7) is 9.27. The molecule has 1 aromatic rings. The lowest BCUT2D eigenvalue weighted by Gasteiger charge is -2.36. The Morgan fingerprint density at radius 1 is 1.38 bits per heavy atom. The average molecular weight is 315 g/mol. The largest absolute Gasteiger partial charge is 0.468 e. The lowest BCUT2D eigenvalue weighted by molar-refractivity contribution is 0.0144. The number of alkyl halides is 1. The van der Waals surface area contributed by atoms with Crippen molar-refractivity contribution in [2.24, 2.45) is 0 Å². The molecule has 2 rings (SSSR count). The zero-order valence-electron chi connectivity index (χ0n) is 12.8. The molecule has 0 N–H and O–H groups in total. The van der Waals surface area contributed by atoms with Crippen molar-refractivity contribution >= 4 is 17.7 Å². The van der Waals surface area contributed by atoms with Gasteiger partial charge in [0.2, 0.25) is 0 Å². The summed E-state index contributed by atoms with van der Waals surface area (Å²) >= 11 is 6.33. The number of furan rings is 1. The van der Waals surface area contributed by atoms with Crippen LogP contribution in [-0.4, -0.2) is 54.2 Å². The Morgan fingerprint density at radius 3 is 2.57 bits per heavy atom. The average Bonchev–Trinajstić information content (AvgIpc) is 2.91. The fraction of sp³-hybridized carbons (Fsp3) is 0.667. The molecule has 21 heavy (non-hydrogen) atoms. The van der Waals surface area contributed by atoms with Gasteiger partial charge >= 0.3 is 6.09 Å². The summed E-state index contributed by atoms with van der Waals surface area (Å²) in [5.74, 6) is 0.784. The van der Waals surface area contributed by atoms with Crippen LogP contribution in [0.1, 0.15) is 31.9 Å². The Balaban J connectivity index is 1.77. The van der Waals surface area contributed by atoms with Crippen molar-refractivity contribution in [2.75, 3.05) is 32.7 Å². The first-order valence-corrected chi connectivity index (χ1v) is 7.66. The minimum Gasteiger partial charge on any atom is -0.468 e. The van der Waals surface area contributed by atoms with Gasteiger partial charge in [0.05, 0.1) is 6.26 Å². The minimum atomic E-state index is -0.450. The van der Waals surface area contributed by atoms with E-state index in [1.165, 1.54) is 0 Å². The number of ether oxygens (including phenoxy) is 1. The fourth-order valence-electron chi connectivity index (χ4n) is 2.23. The second-order valence-corrected chi connectivity index (χ2v) is 6.78. The number of hydrogen-bond acceptors (Lipinski definition) is 4.